The first kappa shape index (κ1) is 25.4. The van der Waals surface area contributed by atoms with Crippen LogP contribution in [0.2, 0.25) is 0 Å². The van der Waals surface area contributed by atoms with Gasteiger partial charge >= 0.3 is 6.18 Å². The predicted octanol–water partition coefficient (Wildman–Crippen LogP) is 3.65. The largest absolute Gasteiger partial charge is 0.478 e. The molecule has 3 rings (SSSR count). The average Bonchev–Trinajstić information content (AvgIpc) is 3.17. The summed E-state index contributed by atoms with van der Waals surface area (Å²) in [6.07, 6.45) is -1.63. The van der Waals surface area contributed by atoms with Crippen molar-refractivity contribution in [2.24, 2.45) is 12.0 Å². The number of aromatic nitrogens is 5. The Morgan fingerprint density at radius 1 is 1.23 bits per heavy atom. The molecule has 35 heavy (non-hydrogen) atoms. The van der Waals surface area contributed by atoms with Crippen LogP contribution in [-0.4, -0.2) is 37.5 Å². The number of hydrogen-bond acceptors (Lipinski definition) is 7. The number of halogens is 3. The number of nitrogens with zero attached hydrogens (tertiary/aromatic N) is 7. The molecule has 0 bridgehead atoms. The topological polar surface area (TPSA) is 126 Å². The van der Waals surface area contributed by atoms with E-state index in [1.807, 2.05) is 20.8 Å². The van der Waals surface area contributed by atoms with Gasteiger partial charge in [0.25, 0.3) is 0 Å². The third-order valence-corrected chi connectivity index (χ3v) is 4.88. The smallest absolute Gasteiger partial charge is 0.435 e. The molecule has 0 radical (unpaired) electrons. The Morgan fingerprint density at radius 2 is 1.97 bits per heavy atom. The highest BCUT2D eigenvalue weighted by atomic mass is 19.4. The molecule has 0 spiro atoms. The lowest BCUT2D eigenvalue weighted by Crippen LogP contribution is -2.31. The van der Waals surface area contributed by atoms with E-state index in [1.54, 1.807) is 25.2 Å². The van der Waals surface area contributed by atoms with Crippen molar-refractivity contribution in [1.82, 2.24) is 30.3 Å². The molecule has 3 aromatic heterocycles. The average molecular weight is 487 g/mol. The van der Waals surface area contributed by atoms with Crippen LogP contribution >= 0.6 is 0 Å². The summed E-state index contributed by atoms with van der Waals surface area (Å²) in [6, 6.07) is 3.40. The van der Waals surface area contributed by atoms with Gasteiger partial charge in [-0.2, -0.15) is 28.6 Å². The standard InChI is InChI=1S/C22H24F3N9O/c1-6-35-20-14(4)17(8-13(3)29-20)30-21(28-11-26)27-9-15-7-12(2)18(32-31-15)16-10-34(5)33-19(16)22(23,24)25/h7-8,10H,6,9H2,1-5H3,(H2,27,28,29,30). The molecule has 3 aromatic rings. The number of nitriles is 1. The molecule has 0 aliphatic heterocycles. The number of nitrogens with one attached hydrogen (secondary N) is 2. The van der Waals surface area contributed by atoms with Crippen molar-refractivity contribution in [3.05, 3.63) is 46.5 Å². The van der Waals surface area contributed by atoms with Gasteiger partial charge in [-0.1, -0.05) is 0 Å². The number of rotatable bonds is 6. The summed E-state index contributed by atoms with van der Waals surface area (Å²) < 4.78 is 46.7. The minimum atomic E-state index is -4.62. The lowest BCUT2D eigenvalue weighted by atomic mass is 10.1. The van der Waals surface area contributed by atoms with Crippen LogP contribution in [0, 0.1) is 32.2 Å². The second-order valence-electron chi connectivity index (χ2n) is 7.64. The Kier molecular flexibility index (Phi) is 7.53. The number of guanidine groups is 1. The highest BCUT2D eigenvalue weighted by Gasteiger charge is 2.38. The number of alkyl halides is 3. The fourth-order valence-electron chi connectivity index (χ4n) is 3.34. The maximum atomic E-state index is 13.3. The summed E-state index contributed by atoms with van der Waals surface area (Å²) in [5.41, 5.74) is 1.95. The lowest BCUT2D eigenvalue weighted by Gasteiger charge is -2.16. The van der Waals surface area contributed by atoms with Gasteiger partial charge in [-0.15, -0.1) is 10.1 Å². The number of aryl methyl sites for hydroxylation is 3. The van der Waals surface area contributed by atoms with E-state index < -0.39 is 11.9 Å². The van der Waals surface area contributed by atoms with Gasteiger partial charge in [0, 0.05) is 24.5 Å². The summed E-state index contributed by atoms with van der Waals surface area (Å²) in [6.45, 7) is 7.70. The molecule has 0 aliphatic rings. The molecule has 0 unspecified atom stereocenters. The molecular weight excluding hydrogens is 463 g/mol. The van der Waals surface area contributed by atoms with E-state index >= 15 is 0 Å². The van der Waals surface area contributed by atoms with Crippen LogP contribution in [0.1, 0.15) is 35.1 Å². The van der Waals surface area contributed by atoms with Gasteiger partial charge in [0.2, 0.25) is 18.0 Å². The Hall–Kier alpha value is -4.21. The predicted molar refractivity (Wildman–Crippen MR) is 122 cm³/mol. The molecule has 0 aromatic carbocycles. The third kappa shape index (κ3) is 6.03. The van der Waals surface area contributed by atoms with E-state index in [1.165, 1.54) is 13.2 Å². The van der Waals surface area contributed by atoms with Crippen molar-refractivity contribution in [2.75, 3.05) is 11.9 Å². The van der Waals surface area contributed by atoms with Crippen LogP contribution in [0.15, 0.2) is 23.3 Å². The molecule has 0 atom stereocenters. The second kappa shape index (κ2) is 10.4. The van der Waals surface area contributed by atoms with Crippen molar-refractivity contribution in [1.29, 1.82) is 5.26 Å². The normalized spacial score (nSPS) is 11.8. The summed E-state index contributed by atoms with van der Waals surface area (Å²) >= 11 is 0. The van der Waals surface area contributed by atoms with Crippen LogP contribution in [0.25, 0.3) is 11.3 Å². The van der Waals surface area contributed by atoms with Crippen molar-refractivity contribution < 1.29 is 17.9 Å². The summed E-state index contributed by atoms with van der Waals surface area (Å²) in [5.74, 6) is 0.621. The molecule has 10 nitrogen and oxygen atoms in total. The Bertz CT molecular complexity index is 1290. The first-order valence-electron chi connectivity index (χ1n) is 10.6. The molecule has 0 saturated carbocycles. The molecule has 0 amide bonds. The number of ether oxygens (including phenoxy) is 1. The van der Waals surface area contributed by atoms with E-state index in [2.05, 4.69) is 35.9 Å². The highest BCUT2D eigenvalue weighted by Crippen LogP contribution is 2.36. The minimum Gasteiger partial charge on any atom is -0.478 e. The maximum absolute atomic E-state index is 13.3. The lowest BCUT2D eigenvalue weighted by molar-refractivity contribution is -0.141. The molecule has 0 saturated heterocycles. The number of anilines is 1. The molecule has 3 heterocycles. The number of hydrogen-bond donors (Lipinski definition) is 2. The van der Waals surface area contributed by atoms with E-state index in [-0.39, 0.29) is 23.8 Å². The van der Waals surface area contributed by atoms with Gasteiger partial charge in [-0.25, -0.2) is 4.98 Å². The second-order valence-corrected chi connectivity index (χ2v) is 7.64. The van der Waals surface area contributed by atoms with Crippen molar-refractivity contribution in [3.63, 3.8) is 0 Å². The summed E-state index contributed by atoms with van der Waals surface area (Å²) in [4.78, 5) is 8.12. The zero-order valence-corrected chi connectivity index (χ0v) is 19.8. The van der Waals surface area contributed by atoms with Crippen LogP contribution in [0.5, 0.6) is 5.88 Å². The van der Waals surface area contributed by atoms with Gasteiger partial charge in [0.15, 0.2) is 5.69 Å². The highest BCUT2D eigenvalue weighted by molar-refractivity contribution is 5.95. The molecule has 13 heteroatoms. The monoisotopic (exact) mass is 487 g/mol. The zero-order valence-electron chi connectivity index (χ0n) is 19.8. The Morgan fingerprint density at radius 3 is 2.60 bits per heavy atom. The van der Waals surface area contributed by atoms with Gasteiger partial charge < -0.3 is 15.4 Å². The minimum absolute atomic E-state index is 0.0876. The van der Waals surface area contributed by atoms with Gasteiger partial charge in [0.1, 0.15) is 0 Å². The van der Waals surface area contributed by atoms with Crippen molar-refractivity contribution in [2.45, 2.75) is 40.4 Å². The van der Waals surface area contributed by atoms with Crippen LogP contribution in [-0.2, 0) is 19.8 Å². The summed E-state index contributed by atoms with van der Waals surface area (Å²) in [7, 11) is 1.41. The Labute approximate surface area is 199 Å². The van der Waals surface area contributed by atoms with Crippen LogP contribution in [0.3, 0.4) is 0 Å². The van der Waals surface area contributed by atoms with E-state index in [0.717, 1.165) is 10.2 Å². The first-order valence-corrected chi connectivity index (χ1v) is 10.6. The molecule has 0 fully saturated rings. The fraction of sp³-hybridized carbons (Fsp3) is 0.364. The van der Waals surface area contributed by atoms with Crippen LogP contribution < -0.4 is 15.4 Å². The fourth-order valence-corrected chi connectivity index (χ4v) is 3.34. The van der Waals surface area contributed by atoms with Crippen molar-refractivity contribution >= 4 is 11.6 Å². The maximum Gasteiger partial charge on any atom is 0.435 e. The Balaban J connectivity index is 1.80. The molecule has 0 aliphatic carbocycles. The van der Waals surface area contributed by atoms with Crippen LogP contribution in [0.4, 0.5) is 18.9 Å². The SMILES string of the molecule is CCOc1nc(C)cc(N/C(=N\C#N)NCc2cc(C)c(-c3cn(C)nc3C(F)(F)F)nn2)c1C. The first-order chi connectivity index (χ1) is 16.5. The van der Waals surface area contributed by atoms with Gasteiger partial charge in [0.05, 0.1) is 35.8 Å². The molecular formula is C22H24F3N9O. The van der Waals surface area contributed by atoms with Gasteiger partial charge in [-0.3, -0.25) is 4.68 Å². The van der Waals surface area contributed by atoms with E-state index in [0.29, 0.717) is 35.1 Å². The number of aliphatic imine (C=N–C) groups is 1. The van der Waals surface area contributed by atoms with E-state index in [4.69, 9.17) is 10.00 Å². The van der Waals surface area contributed by atoms with Crippen molar-refractivity contribution in [3.8, 4) is 23.3 Å². The van der Waals surface area contributed by atoms with Gasteiger partial charge in [-0.05, 0) is 45.4 Å². The quantitative estimate of drug-likeness (QED) is 0.307. The molecule has 184 valence electrons. The van der Waals surface area contributed by atoms with E-state index in [9.17, 15) is 13.2 Å². The zero-order chi connectivity index (χ0) is 25.8. The summed E-state index contributed by atoms with van der Waals surface area (Å²) in [5, 5.41) is 26.7. The number of pyridine rings is 1. The third-order valence-electron chi connectivity index (χ3n) is 4.88. The molecule has 2 N–H and O–H groups in total.